The standard InChI is InChI=1S/C23H27N5O4.Na/c1-6-27(3)22(26-21(23(30)31)19(14-29)32-5)15(2)20(17-12-25-28(4)13-17)18-10-8-7-9-16(18)11-24;/h7-10,12-15,20H,6H2,1-5H3,(H,30,31);/q;+1/p-1/b21-19+,26-22?;. The van der Waals surface area contributed by atoms with Crippen LogP contribution in [0.1, 0.15) is 36.5 Å². The van der Waals surface area contributed by atoms with Crippen LogP contribution in [0.15, 0.2) is 53.1 Å². The number of carbonyl (C=O) groups is 2. The average Bonchev–Trinajstić information content (AvgIpc) is 3.21. The van der Waals surface area contributed by atoms with E-state index in [0.29, 0.717) is 17.9 Å². The van der Waals surface area contributed by atoms with Crippen molar-refractivity contribution in [3.05, 3.63) is 64.8 Å². The Hall–Kier alpha value is -2.93. The van der Waals surface area contributed by atoms with Crippen LogP contribution in [-0.4, -0.2) is 53.5 Å². The van der Waals surface area contributed by atoms with Crippen molar-refractivity contribution in [2.24, 2.45) is 18.0 Å². The Balaban J connectivity index is 0.00000544. The molecule has 1 aromatic carbocycles. The molecule has 0 aliphatic heterocycles. The number of aldehydes is 1. The van der Waals surface area contributed by atoms with Crippen molar-refractivity contribution in [1.29, 1.82) is 5.26 Å². The molecule has 10 heteroatoms. The van der Waals surface area contributed by atoms with Gasteiger partial charge in [-0.05, 0) is 24.1 Å². The third-order valence-corrected chi connectivity index (χ3v) is 5.25. The summed E-state index contributed by atoms with van der Waals surface area (Å²) in [4.78, 5) is 29.2. The smallest absolute Gasteiger partial charge is 0.543 e. The zero-order chi connectivity index (χ0) is 23.8. The van der Waals surface area contributed by atoms with E-state index in [-0.39, 0.29) is 41.8 Å². The Morgan fingerprint density at radius 2 is 2.09 bits per heavy atom. The molecule has 1 heterocycles. The maximum absolute atomic E-state index is 11.8. The van der Waals surface area contributed by atoms with Crippen LogP contribution in [0.2, 0.25) is 0 Å². The van der Waals surface area contributed by atoms with E-state index in [0.717, 1.165) is 11.1 Å². The Labute approximate surface area is 215 Å². The van der Waals surface area contributed by atoms with E-state index in [9.17, 15) is 20.0 Å². The third kappa shape index (κ3) is 6.54. The van der Waals surface area contributed by atoms with Gasteiger partial charge in [-0.25, -0.2) is 4.99 Å². The van der Waals surface area contributed by atoms with Crippen LogP contribution < -0.4 is 34.7 Å². The van der Waals surface area contributed by atoms with Gasteiger partial charge in [0.25, 0.3) is 0 Å². The second-order valence-electron chi connectivity index (χ2n) is 7.22. The first-order chi connectivity index (χ1) is 15.3. The number of ether oxygens (including phenoxy) is 1. The van der Waals surface area contributed by atoms with Crippen molar-refractivity contribution in [2.45, 2.75) is 19.8 Å². The summed E-state index contributed by atoms with van der Waals surface area (Å²) in [7, 11) is 4.75. The van der Waals surface area contributed by atoms with E-state index in [1.807, 2.05) is 32.2 Å². The van der Waals surface area contributed by atoms with E-state index < -0.39 is 23.3 Å². The molecule has 33 heavy (non-hydrogen) atoms. The summed E-state index contributed by atoms with van der Waals surface area (Å²) in [5, 5.41) is 25.7. The minimum Gasteiger partial charge on any atom is -0.543 e. The van der Waals surface area contributed by atoms with Gasteiger partial charge in [0.2, 0.25) is 0 Å². The van der Waals surface area contributed by atoms with E-state index in [2.05, 4.69) is 16.2 Å². The van der Waals surface area contributed by atoms with Gasteiger partial charge < -0.3 is 19.5 Å². The van der Waals surface area contributed by atoms with Crippen molar-refractivity contribution in [1.82, 2.24) is 14.7 Å². The van der Waals surface area contributed by atoms with Crippen LogP contribution in [0.25, 0.3) is 0 Å². The number of carbonyl (C=O) groups excluding carboxylic acids is 2. The average molecular weight is 459 g/mol. The van der Waals surface area contributed by atoms with Gasteiger partial charge in [0.1, 0.15) is 11.5 Å². The zero-order valence-corrected chi connectivity index (χ0v) is 21.8. The van der Waals surface area contributed by atoms with E-state index in [1.165, 1.54) is 7.11 Å². The van der Waals surface area contributed by atoms with Gasteiger partial charge in [-0.1, -0.05) is 25.1 Å². The molecule has 0 aliphatic rings. The second kappa shape index (κ2) is 12.9. The molecule has 0 spiro atoms. The first-order valence-electron chi connectivity index (χ1n) is 10.0. The first-order valence-corrected chi connectivity index (χ1v) is 10.0. The van der Waals surface area contributed by atoms with Crippen molar-refractivity contribution in [3.63, 3.8) is 0 Å². The minimum atomic E-state index is -1.63. The number of rotatable bonds is 9. The van der Waals surface area contributed by atoms with Crippen LogP contribution in [0, 0.1) is 17.2 Å². The molecule has 2 rings (SSSR count). The number of nitriles is 1. The molecule has 0 saturated heterocycles. The van der Waals surface area contributed by atoms with E-state index in [4.69, 9.17) is 4.74 Å². The van der Waals surface area contributed by atoms with E-state index >= 15 is 0 Å². The molecule has 9 nitrogen and oxygen atoms in total. The van der Waals surface area contributed by atoms with Gasteiger partial charge in [-0.2, -0.15) is 10.4 Å². The minimum absolute atomic E-state index is 0. The molecule has 168 valence electrons. The van der Waals surface area contributed by atoms with Crippen LogP contribution in [0.5, 0.6) is 0 Å². The fourth-order valence-corrected chi connectivity index (χ4v) is 3.57. The predicted molar refractivity (Wildman–Crippen MR) is 116 cm³/mol. The summed E-state index contributed by atoms with van der Waals surface area (Å²) in [6, 6.07) is 9.44. The fourth-order valence-electron chi connectivity index (χ4n) is 3.57. The molecule has 0 amide bonds. The SMILES string of the molecule is CCN(C)C(=N/C(C(=O)[O-])=C(\C=O)OC)C(C)C(c1cnn(C)c1)c1ccccc1C#N.[Na+]. The quantitative estimate of drug-likeness (QED) is 0.108. The number of aliphatic carboxylic acids is 1. The Morgan fingerprint density at radius 3 is 2.58 bits per heavy atom. The fraction of sp³-hybridized carbons (Fsp3) is 0.348. The van der Waals surface area contributed by atoms with Crippen LogP contribution in [0.3, 0.4) is 0 Å². The Bertz CT molecular complexity index is 1090. The summed E-state index contributed by atoms with van der Waals surface area (Å²) in [5.41, 5.74) is 1.49. The number of aryl methyl sites for hydroxylation is 1. The van der Waals surface area contributed by atoms with Gasteiger partial charge in [-0.15, -0.1) is 0 Å². The maximum Gasteiger partial charge on any atom is 1.00 e. The molecule has 0 fully saturated rings. The number of carboxylic acid groups (broad SMARTS) is 1. The van der Waals surface area contributed by atoms with Gasteiger partial charge in [0, 0.05) is 38.7 Å². The number of methoxy groups -OCH3 is 1. The Morgan fingerprint density at radius 1 is 1.42 bits per heavy atom. The van der Waals surface area contributed by atoms with Gasteiger partial charge in [0.15, 0.2) is 12.0 Å². The van der Waals surface area contributed by atoms with Crippen molar-refractivity contribution >= 4 is 18.1 Å². The van der Waals surface area contributed by atoms with Gasteiger partial charge in [0.05, 0.1) is 30.9 Å². The molecule has 0 saturated carbocycles. The third-order valence-electron chi connectivity index (χ3n) is 5.25. The molecule has 1 aromatic heterocycles. The number of hydrogen-bond acceptors (Lipinski definition) is 7. The molecule has 0 radical (unpaired) electrons. The van der Waals surface area contributed by atoms with Crippen molar-refractivity contribution in [2.75, 3.05) is 20.7 Å². The number of nitrogens with zero attached hydrogens (tertiary/aromatic N) is 5. The summed E-state index contributed by atoms with van der Waals surface area (Å²) >= 11 is 0. The van der Waals surface area contributed by atoms with Crippen LogP contribution in [-0.2, 0) is 21.4 Å². The molecule has 0 bridgehead atoms. The van der Waals surface area contributed by atoms with Crippen LogP contribution in [0.4, 0.5) is 0 Å². The number of aliphatic imine (C=N–C) groups is 1. The summed E-state index contributed by atoms with van der Waals surface area (Å²) in [6.07, 6.45) is 3.84. The number of hydrogen-bond donors (Lipinski definition) is 0. The summed E-state index contributed by atoms with van der Waals surface area (Å²) < 4.78 is 6.55. The topological polar surface area (TPSA) is 124 Å². The normalized spacial score (nSPS) is 13.6. The molecule has 0 aliphatic carbocycles. The second-order valence-corrected chi connectivity index (χ2v) is 7.22. The number of aromatic nitrogens is 2. The Kier molecular flexibility index (Phi) is 11.0. The molecule has 0 N–H and O–H groups in total. The maximum atomic E-state index is 11.8. The molecule has 2 atom stereocenters. The number of benzene rings is 1. The summed E-state index contributed by atoms with van der Waals surface area (Å²) in [5.74, 6) is -2.44. The van der Waals surface area contributed by atoms with Crippen molar-refractivity contribution < 1.29 is 49.0 Å². The van der Waals surface area contributed by atoms with E-state index in [1.54, 1.807) is 42.0 Å². The van der Waals surface area contributed by atoms with Gasteiger partial charge in [-0.3, -0.25) is 9.48 Å². The predicted octanol–water partition coefficient (Wildman–Crippen LogP) is -1.78. The molecular formula is C23H26N5NaO4. The number of amidine groups is 1. The number of allylic oxidation sites excluding steroid dienone is 1. The molecule has 2 unspecified atom stereocenters. The largest absolute Gasteiger partial charge is 1.00 e. The molecule has 2 aromatic rings. The number of carboxylic acids is 1. The summed E-state index contributed by atoms with van der Waals surface area (Å²) in [6.45, 7) is 4.30. The first kappa shape index (κ1) is 28.1. The molecular weight excluding hydrogens is 433 g/mol. The van der Waals surface area contributed by atoms with Crippen LogP contribution >= 0.6 is 0 Å². The monoisotopic (exact) mass is 459 g/mol. The van der Waals surface area contributed by atoms with Crippen molar-refractivity contribution in [3.8, 4) is 6.07 Å². The zero-order valence-electron chi connectivity index (χ0n) is 19.8. The van der Waals surface area contributed by atoms with Gasteiger partial charge >= 0.3 is 29.6 Å².